The van der Waals surface area contributed by atoms with E-state index in [9.17, 15) is 5.11 Å². The second-order valence-corrected chi connectivity index (χ2v) is 6.65. The van der Waals surface area contributed by atoms with Gasteiger partial charge in [-0.05, 0) is 38.1 Å². The molecule has 0 aliphatic carbocycles. The zero-order valence-corrected chi connectivity index (χ0v) is 13.6. The third kappa shape index (κ3) is 3.77. The summed E-state index contributed by atoms with van der Waals surface area (Å²) in [6, 6.07) is 6.07. The first-order chi connectivity index (χ1) is 10.7. The van der Waals surface area contributed by atoms with Crippen LogP contribution in [0.5, 0.6) is 0 Å². The van der Waals surface area contributed by atoms with Gasteiger partial charge < -0.3 is 14.9 Å². The highest BCUT2D eigenvalue weighted by atomic mass is 16.3. The number of likely N-dealkylation sites (tertiary alicyclic amines) is 1. The summed E-state index contributed by atoms with van der Waals surface area (Å²) in [5, 5.41) is 10.9. The molecule has 22 heavy (non-hydrogen) atoms. The maximum Gasteiger partial charge on any atom is 0.128 e. The molecule has 0 bridgehead atoms. The molecule has 1 aromatic rings. The molecule has 3 rings (SSSR count). The van der Waals surface area contributed by atoms with Crippen molar-refractivity contribution in [2.75, 3.05) is 57.3 Å². The Morgan fingerprint density at radius 2 is 1.95 bits per heavy atom. The van der Waals surface area contributed by atoms with E-state index in [1.165, 1.54) is 0 Å². The molecule has 2 fully saturated rings. The molecule has 1 atom stereocenters. The van der Waals surface area contributed by atoms with E-state index in [4.69, 9.17) is 0 Å². The third-order valence-electron chi connectivity index (χ3n) is 4.95. The minimum atomic E-state index is -0.526. The number of hydrogen-bond acceptors (Lipinski definition) is 5. The molecule has 3 heterocycles. The van der Waals surface area contributed by atoms with Gasteiger partial charge in [0.2, 0.25) is 0 Å². The molecule has 1 N–H and O–H groups in total. The maximum atomic E-state index is 10.9. The first kappa shape index (κ1) is 15.7. The molecule has 2 saturated heterocycles. The van der Waals surface area contributed by atoms with Crippen LogP contribution in [0, 0.1) is 0 Å². The number of piperidine rings is 1. The summed E-state index contributed by atoms with van der Waals surface area (Å²) in [7, 11) is 0. The van der Waals surface area contributed by atoms with E-state index < -0.39 is 5.60 Å². The van der Waals surface area contributed by atoms with Crippen molar-refractivity contribution < 1.29 is 5.11 Å². The zero-order valence-electron chi connectivity index (χ0n) is 13.6. The van der Waals surface area contributed by atoms with Crippen molar-refractivity contribution >= 4 is 5.82 Å². The number of aromatic nitrogens is 1. The SMILES string of the molecule is CCN1CCC[C@](O)(CN2CCN(c3ccccn3)CC2)C1. The van der Waals surface area contributed by atoms with Gasteiger partial charge in [0.05, 0.1) is 5.60 Å². The molecule has 0 saturated carbocycles. The summed E-state index contributed by atoms with van der Waals surface area (Å²) < 4.78 is 0. The highest BCUT2D eigenvalue weighted by Crippen LogP contribution is 2.23. The lowest BCUT2D eigenvalue weighted by Gasteiger charge is -2.44. The zero-order chi connectivity index (χ0) is 15.4. The van der Waals surface area contributed by atoms with Gasteiger partial charge in [-0.15, -0.1) is 0 Å². The molecule has 2 aliphatic heterocycles. The predicted molar refractivity (Wildman–Crippen MR) is 89.2 cm³/mol. The van der Waals surface area contributed by atoms with Crippen LogP contribution in [-0.4, -0.2) is 77.8 Å². The summed E-state index contributed by atoms with van der Waals surface area (Å²) in [4.78, 5) is 11.5. The van der Waals surface area contributed by atoms with Crippen LogP contribution >= 0.6 is 0 Å². The molecule has 2 aliphatic rings. The van der Waals surface area contributed by atoms with E-state index in [-0.39, 0.29) is 0 Å². The van der Waals surface area contributed by atoms with E-state index >= 15 is 0 Å². The van der Waals surface area contributed by atoms with Crippen molar-refractivity contribution in [2.24, 2.45) is 0 Å². The predicted octanol–water partition coefficient (Wildman–Crippen LogP) is 1.05. The molecule has 1 aromatic heterocycles. The van der Waals surface area contributed by atoms with Gasteiger partial charge in [0.15, 0.2) is 0 Å². The Hall–Kier alpha value is -1.17. The minimum Gasteiger partial charge on any atom is -0.387 e. The number of anilines is 1. The highest BCUT2D eigenvalue weighted by molar-refractivity contribution is 5.38. The van der Waals surface area contributed by atoms with Crippen LogP contribution < -0.4 is 4.90 Å². The smallest absolute Gasteiger partial charge is 0.128 e. The maximum absolute atomic E-state index is 10.9. The van der Waals surface area contributed by atoms with Gasteiger partial charge in [0, 0.05) is 45.5 Å². The van der Waals surface area contributed by atoms with Gasteiger partial charge in [-0.3, -0.25) is 4.90 Å². The first-order valence-electron chi connectivity index (χ1n) is 8.52. The minimum absolute atomic E-state index is 0.526. The Morgan fingerprint density at radius 3 is 2.64 bits per heavy atom. The second kappa shape index (κ2) is 6.94. The number of pyridine rings is 1. The highest BCUT2D eigenvalue weighted by Gasteiger charge is 2.35. The van der Waals surface area contributed by atoms with Gasteiger partial charge in [0.1, 0.15) is 5.82 Å². The first-order valence-corrected chi connectivity index (χ1v) is 8.52. The standard InChI is InChI=1S/C17H28N4O/c1-2-19-9-5-7-17(22,14-19)15-20-10-12-21(13-11-20)16-6-3-4-8-18-16/h3-4,6,8,22H,2,5,7,9-15H2,1H3/t17-/m1/s1. The molecule has 0 unspecified atom stereocenters. The Bertz CT molecular complexity index is 461. The van der Waals surface area contributed by atoms with Gasteiger partial charge in [-0.25, -0.2) is 4.98 Å². The van der Waals surface area contributed by atoms with E-state index in [1.54, 1.807) is 0 Å². The average molecular weight is 304 g/mol. The largest absolute Gasteiger partial charge is 0.387 e. The average Bonchev–Trinajstić information content (AvgIpc) is 2.56. The Labute approximate surface area is 133 Å². The Balaban J connectivity index is 1.51. The van der Waals surface area contributed by atoms with E-state index in [2.05, 4.69) is 32.7 Å². The van der Waals surface area contributed by atoms with Crippen molar-refractivity contribution in [2.45, 2.75) is 25.4 Å². The monoisotopic (exact) mass is 304 g/mol. The second-order valence-electron chi connectivity index (χ2n) is 6.65. The van der Waals surface area contributed by atoms with E-state index in [0.29, 0.717) is 0 Å². The van der Waals surface area contributed by atoms with Crippen LogP contribution in [0.25, 0.3) is 0 Å². The number of β-amino-alcohol motifs (C(OH)–C–C–N with tert-alkyl or cyclic N) is 1. The Morgan fingerprint density at radius 1 is 1.14 bits per heavy atom. The van der Waals surface area contributed by atoms with Crippen molar-refractivity contribution in [3.05, 3.63) is 24.4 Å². The Kier molecular flexibility index (Phi) is 4.96. The molecule has 0 aromatic carbocycles. The van der Waals surface area contributed by atoms with E-state index in [1.807, 2.05) is 18.3 Å². The topological polar surface area (TPSA) is 42.8 Å². The normalized spacial score (nSPS) is 28.0. The van der Waals surface area contributed by atoms with Gasteiger partial charge in [-0.2, -0.15) is 0 Å². The quantitative estimate of drug-likeness (QED) is 0.901. The number of aliphatic hydroxyl groups is 1. The van der Waals surface area contributed by atoms with E-state index in [0.717, 1.165) is 71.0 Å². The molecular weight excluding hydrogens is 276 g/mol. The van der Waals surface area contributed by atoms with Gasteiger partial charge in [0.25, 0.3) is 0 Å². The number of nitrogens with zero attached hydrogens (tertiary/aromatic N) is 4. The molecule has 0 spiro atoms. The van der Waals surface area contributed by atoms with Crippen molar-refractivity contribution in [3.8, 4) is 0 Å². The number of piperazine rings is 1. The fourth-order valence-electron chi connectivity index (χ4n) is 3.70. The number of rotatable bonds is 4. The number of likely N-dealkylation sites (N-methyl/N-ethyl adjacent to an activating group) is 1. The molecular formula is C17H28N4O. The van der Waals surface area contributed by atoms with Crippen LogP contribution in [0.15, 0.2) is 24.4 Å². The summed E-state index contributed by atoms with van der Waals surface area (Å²) in [6.45, 7) is 9.97. The van der Waals surface area contributed by atoms with Crippen molar-refractivity contribution in [1.29, 1.82) is 0 Å². The molecule has 122 valence electrons. The van der Waals surface area contributed by atoms with Crippen molar-refractivity contribution in [1.82, 2.24) is 14.8 Å². The molecule has 0 radical (unpaired) electrons. The van der Waals surface area contributed by atoms with Crippen LogP contribution in [0.3, 0.4) is 0 Å². The lowest BCUT2D eigenvalue weighted by molar-refractivity contribution is -0.0527. The van der Waals surface area contributed by atoms with Crippen LogP contribution in [0.2, 0.25) is 0 Å². The van der Waals surface area contributed by atoms with Crippen LogP contribution in [0.1, 0.15) is 19.8 Å². The van der Waals surface area contributed by atoms with Gasteiger partial charge in [-0.1, -0.05) is 13.0 Å². The van der Waals surface area contributed by atoms with Crippen molar-refractivity contribution in [3.63, 3.8) is 0 Å². The van der Waals surface area contributed by atoms with Gasteiger partial charge >= 0.3 is 0 Å². The fraction of sp³-hybridized carbons (Fsp3) is 0.706. The lowest BCUT2D eigenvalue weighted by Crippen LogP contribution is -2.57. The number of hydrogen-bond donors (Lipinski definition) is 1. The molecule has 5 heteroatoms. The summed E-state index contributed by atoms with van der Waals surface area (Å²) >= 11 is 0. The third-order valence-corrected chi connectivity index (χ3v) is 4.95. The summed E-state index contributed by atoms with van der Waals surface area (Å²) in [6.07, 6.45) is 3.90. The fourth-order valence-corrected chi connectivity index (χ4v) is 3.70. The summed E-state index contributed by atoms with van der Waals surface area (Å²) in [5.74, 6) is 1.07. The molecule has 0 amide bonds. The summed E-state index contributed by atoms with van der Waals surface area (Å²) in [5.41, 5.74) is -0.526. The van der Waals surface area contributed by atoms with Crippen LogP contribution in [-0.2, 0) is 0 Å². The lowest BCUT2D eigenvalue weighted by atomic mass is 9.92. The molecule has 5 nitrogen and oxygen atoms in total. The van der Waals surface area contributed by atoms with Crippen LogP contribution in [0.4, 0.5) is 5.82 Å².